The van der Waals surface area contributed by atoms with Crippen LogP contribution in [-0.2, 0) is 4.79 Å². The minimum absolute atomic E-state index is 0.0355. The molecule has 1 saturated heterocycles. The zero-order valence-corrected chi connectivity index (χ0v) is 15.8. The van der Waals surface area contributed by atoms with Crippen LogP contribution in [0.3, 0.4) is 0 Å². The van der Waals surface area contributed by atoms with Crippen LogP contribution in [0.25, 0.3) is 0 Å². The summed E-state index contributed by atoms with van der Waals surface area (Å²) in [5, 5.41) is 8.21. The van der Waals surface area contributed by atoms with Gasteiger partial charge in [0.25, 0.3) is 5.91 Å². The molecule has 2 aromatic rings. The predicted octanol–water partition coefficient (Wildman–Crippen LogP) is 2.35. The Morgan fingerprint density at radius 2 is 1.83 bits per heavy atom. The van der Waals surface area contributed by atoms with Crippen molar-refractivity contribution in [2.45, 2.75) is 25.3 Å². The molecule has 2 heterocycles. The van der Waals surface area contributed by atoms with Gasteiger partial charge in [-0.15, -0.1) is 0 Å². The average molecular weight is 402 g/mol. The van der Waals surface area contributed by atoms with E-state index in [4.69, 9.17) is 4.42 Å². The Labute approximate surface area is 167 Å². The van der Waals surface area contributed by atoms with Crippen LogP contribution in [0, 0.1) is 5.82 Å². The summed E-state index contributed by atoms with van der Waals surface area (Å²) in [6.45, 7) is 1.33. The summed E-state index contributed by atoms with van der Waals surface area (Å²) < 4.78 is 17.7. The van der Waals surface area contributed by atoms with Crippen molar-refractivity contribution in [3.05, 3.63) is 54.2 Å². The molecule has 0 saturated carbocycles. The highest BCUT2D eigenvalue weighted by molar-refractivity contribution is 5.94. The zero-order chi connectivity index (χ0) is 20.6. The van der Waals surface area contributed by atoms with E-state index in [0.717, 1.165) is 0 Å². The van der Waals surface area contributed by atoms with Crippen LogP contribution in [0.2, 0.25) is 0 Å². The summed E-state index contributed by atoms with van der Waals surface area (Å²) in [7, 11) is 0. The molecule has 0 radical (unpaired) electrons. The molecule has 0 bridgehead atoms. The first-order valence-electron chi connectivity index (χ1n) is 9.42. The lowest BCUT2D eigenvalue weighted by molar-refractivity contribution is -0.132. The Kier molecular flexibility index (Phi) is 6.83. The fourth-order valence-corrected chi connectivity index (χ4v) is 3.10. The smallest absolute Gasteiger partial charge is 0.319 e. The molecule has 9 heteroatoms. The first kappa shape index (κ1) is 20.4. The molecular formula is C20H23FN4O4. The van der Waals surface area contributed by atoms with Crippen LogP contribution in [0.4, 0.5) is 14.9 Å². The molecule has 0 aliphatic carbocycles. The second-order valence-corrected chi connectivity index (χ2v) is 6.78. The number of carbonyl (C=O) groups excluding carboxylic acids is 3. The van der Waals surface area contributed by atoms with E-state index in [1.807, 2.05) is 0 Å². The van der Waals surface area contributed by atoms with Gasteiger partial charge in [-0.05, 0) is 43.2 Å². The van der Waals surface area contributed by atoms with E-state index in [0.29, 0.717) is 37.2 Å². The van der Waals surface area contributed by atoms with Gasteiger partial charge in [0, 0.05) is 37.8 Å². The third-order valence-corrected chi connectivity index (χ3v) is 4.69. The van der Waals surface area contributed by atoms with Crippen LogP contribution >= 0.6 is 0 Å². The summed E-state index contributed by atoms with van der Waals surface area (Å²) in [6, 6.07) is 6.68. The molecule has 1 aliphatic heterocycles. The first-order valence-corrected chi connectivity index (χ1v) is 9.42. The largest absolute Gasteiger partial charge is 0.472 e. The van der Waals surface area contributed by atoms with Crippen LogP contribution in [0.1, 0.15) is 29.6 Å². The Morgan fingerprint density at radius 3 is 2.48 bits per heavy atom. The quantitative estimate of drug-likeness (QED) is 0.690. The normalized spacial score (nSPS) is 14.3. The van der Waals surface area contributed by atoms with Gasteiger partial charge >= 0.3 is 6.03 Å². The lowest BCUT2D eigenvalue weighted by Gasteiger charge is -2.32. The van der Waals surface area contributed by atoms with Crippen molar-refractivity contribution in [1.29, 1.82) is 0 Å². The average Bonchev–Trinajstić information content (AvgIpc) is 3.25. The molecule has 1 aliphatic rings. The molecule has 1 fully saturated rings. The molecule has 0 unspecified atom stereocenters. The third-order valence-electron chi connectivity index (χ3n) is 4.69. The molecule has 1 aromatic carbocycles. The third kappa shape index (κ3) is 6.06. The maximum absolute atomic E-state index is 12.9. The van der Waals surface area contributed by atoms with Gasteiger partial charge in [0.2, 0.25) is 5.91 Å². The standard InChI is InChI=1S/C20H23FN4O4/c21-15-1-3-16(4-2-15)23-20(28)24-17-6-10-25(11-7-17)18(26)5-9-22-19(27)14-8-12-29-13-14/h1-4,8,12-13,17H,5-7,9-11H2,(H,22,27)(H2,23,24,28). The summed E-state index contributed by atoms with van der Waals surface area (Å²) in [4.78, 5) is 37.9. The summed E-state index contributed by atoms with van der Waals surface area (Å²) in [6.07, 6.45) is 4.26. The van der Waals surface area contributed by atoms with E-state index in [-0.39, 0.29) is 42.7 Å². The topological polar surface area (TPSA) is 104 Å². The zero-order valence-electron chi connectivity index (χ0n) is 15.8. The van der Waals surface area contributed by atoms with Gasteiger partial charge in [-0.25, -0.2) is 9.18 Å². The van der Waals surface area contributed by atoms with Crippen molar-refractivity contribution in [3.8, 4) is 0 Å². The molecular weight excluding hydrogens is 379 g/mol. The number of nitrogens with zero attached hydrogens (tertiary/aromatic N) is 1. The van der Waals surface area contributed by atoms with E-state index in [1.165, 1.54) is 36.8 Å². The van der Waals surface area contributed by atoms with E-state index in [9.17, 15) is 18.8 Å². The molecule has 3 rings (SSSR count). The number of halogens is 1. The molecule has 154 valence electrons. The summed E-state index contributed by atoms with van der Waals surface area (Å²) in [5.41, 5.74) is 0.928. The van der Waals surface area contributed by atoms with Crippen LogP contribution < -0.4 is 16.0 Å². The van der Waals surface area contributed by atoms with Crippen LogP contribution in [0.15, 0.2) is 47.3 Å². The fraction of sp³-hybridized carbons (Fsp3) is 0.350. The number of benzene rings is 1. The Hall–Kier alpha value is -3.36. The second kappa shape index (κ2) is 9.72. The fourth-order valence-electron chi connectivity index (χ4n) is 3.10. The number of likely N-dealkylation sites (tertiary alicyclic amines) is 1. The number of hydrogen-bond acceptors (Lipinski definition) is 4. The lowest BCUT2D eigenvalue weighted by Crippen LogP contribution is -2.48. The maximum Gasteiger partial charge on any atom is 0.319 e. The second-order valence-electron chi connectivity index (χ2n) is 6.78. The van der Waals surface area contributed by atoms with Gasteiger partial charge in [-0.2, -0.15) is 0 Å². The SMILES string of the molecule is O=C(Nc1ccc(F)cc1)NC1CCN(C(=O)CCNC(=O)c2ccoc2)CC1. The van der Waals surface area contributed by atoms with Crippen molar-refractivity contribution in [2.75, 3.05) is 25.0 Å². The minimum atomic E-state index is -0.367. The van der Waals surface area contributed by atoms with E-state index in [1.54, 1.807) is 11.0 Å². The van der Waals surface area contributed by atoms with Gasteiger partial charge in [0.1, 0.15) is 12.1 Å². The van der Waals surface area contributed by atoms with E-state index < -0.39 is 0 Å². The number of urea groups is 1. The van der Waals surface area contributed by atoms with Crippen molar-refractivity contribution < 1.29 is 23.2 Å². The number of anilines is 1. The van der Waals surface area contributed by atoms with E-state index in [2.05, 4.69) is 16.0 Å². The lowest BCUT2D eigenvalue weighted by atomic mass is 10.0. The number of hydrogen-bond donors (Lipinski definition) is 3. The number of furan rings is 1. The molecule has 0 atom stereocenters. The molecule has 29 heavy (non-hydrogen) atoms. The number of carbonyl (C=O) groups is 3. The highest BCUT2D eigenvalue weighted by atomic mass is 19.1. The molecule has 3 N–H and O–H groups in total. The predicted molar refractivity (Wildman–Crippen MR) is 104 cm³/mol. The molecule has 8 nitrogen and oxygen atoms in total. The highest BCUT2D eigenvalue weighted by Crippen LogP contribution is 2.13. The highest BCUT2D eigenvalue weighted by Gasteiger charge is 2.23. The van der Waals surface area contributed by atoms with Gasteiger partial charge in [0.05, 0.1) is 11.8 Å². The molecule has 1 aromatic heterocycles. The minimum Gasteiger partial charge on any atom is -0.472 e. The monoisotopic (exact) mass is 402 g/mol. The number of amides is 4. The van der Waals surface area contributed by atoms with Gasteiger partial charge in [-0.1, -0.05) is 0 Å². The van der Waals surface area contributed by atoms with Crippen LogP contribution in [-0.4, -0.2) is 48.4 Å². The van der Waals surface area contributed by atoms with Gasteiger partial charge in [-0.3, -0.25) is 9.59 Å². The Morgan fingerprint density at radius 1 is 1.10 bits per heavy atom. The van der Waals surface area contributed by atoms with Gasteiger partial charge < -0.3 is 25.3 Å². The van der Waals surface area contributed by atoms with Gasteiger partial charge in [0.15, 0.2) is 0 Å². The van der Waals surface area contributed by atoms with Crippen molar-refractivity contribution >= 4 is 23.5 Å². The molecule has 0 spiro atoms. The van der Waals surface area contributed by atoms with E-state index >= 15 is 0 Å². The number of piperidine rings is 1. The number of nitrogens with one attached hydrogen (secondary N) is 3. The van der Waals surface area contributed by atoms with Crippen molar-refractivity contribution in [2.24, 2.45) is 0 Å². The van der Waals surface area contributed by atoms with Crippen LogP contribution in [0.5, 0.6) is 0 Å². The number of rotatable bonds is 6. The van der Waals surface area contributed by atoms with Crippen molar-refractivity contribution in [1.82, 2.24) is 15.5 Å². The first-order chi connectivity index (χ1) is 14.0. The molecule has 4 amide bonds. The summed E-state index contributed by atoms with van der Waals surface area (Å²) in [5.74, 6) is -0.678. The van der Waals surface area contributed by atoms with Crippen molar-refractivity contribution in [3.63, 3.8) is 0 Å². The summed E-state index contributed by atoms with van der Waals surface area (Å²) >= 11 is 0. The Bertz CT molecular complexity index is 831. The maximum atomic E-state index is 12.9. The Balaban J connectivity index is 1.34.